The standard InChI is InChI=1S/C26H36O3/c1-5-24-12-9-20-19-10-14-26(28-16-23(3,4)17-29-26)15-18(19)7-8-21(20)22(24)11-13-25(24,27)6-2/h2,7,11,13,19-22,27H,5,8-10,12,14-17H2,1,3-4H3/t19-,20+,21+,22-,24-,25-/m0/s1. The first kappa shape index (κ1) is 19.9. The number of ether oxygens (including phenoxy) is 2. The molecule has 0 aromatic carbocycles. The lowest BCUT2D eigenvalue weighted by Gasteiger charge is -2.57. The lowest BCUT2D eigenvalue weighted by molar-refractivity contribution is -0.307. The van der Waals surface area contributed by atoms with Crippen LogP contribution >= 0.6 is 0 Å². The van der Waals surface area contributed by atoms with Crippen molar-refractivity contribution in [3.8, 4) is 12.3 Å². The molecule has 158 valence electrons. The average Bonchev–Trinajstić information content (AvgIpc) is 3.04. The molecule has 3 fully saturated rings. The van der Waals surface area contributed by atoms with E-state index in [-0.39, 0.29) is 16.6 Å². The van der Waals surface area contributed by atoms with Gasteiger partial charge < -0.3 is 14.6 Å². The average molecular weight is 397 g/mol. The quantitative estimate of drug-likeness (QED) is 0.508. The van der Waals surface area contributed by atoms with E-state index in [1.807, 2.05) is 6.08 Å². The Labute approximate surface area is 175 Å². The number of hydrogen-bond acceptors (Lipinski definition) is 3. The topological polar surface area (TPSA) is 38.7 Å². The molecule has 4 aliphatic carbocycles. The highest BCUT2D eigenvalue weighted by Crippen LogP contribution is 2.64. The largest absolute Gasteiger partial charge is 0.373 e. The Hall–Kier alpha value is -1.08. The van der Waals surface area contributed by atoms with Crippen LogP contribution in [0.4, 0.5) is 0 Å². The van der Waals surface area contributed by atoms with Crippen LogP contribution in [-0.4, -0.2) is 29.7 Å². The zero-order chi connectivity index (χ0) is 20.5. The van der Waals surface area contributed by atoms with Crippen molar-refractivity contribution in [3.63, 3.8) is 0 Å². The molecular weight excluding hydrogens is 360 g/mol. The molecule has 1 N–H and O–H groups in total. The maximum absolute atomic E-state index is 11.2. The van der Waals surface area contributed by atoms with Gasteiger partial charge >= 0.3 is 0 Å². The van der Waals surface area contributed by atoms with Gasteiger partial charge in [-0.05, 0) is 61.9 Å². The normalized spacial score (nSPS) is 46.9. The highest BCUT2D eigenvalue weighted by molar-refractivity contribution is 5.36. The van der Waals surface area contributed by atoms with E-state index in [4.69, 9.17) is 15.9 Å². The minimum absolute atomic E-state index is 0.115. The molecule has 1 saturated heterocycles. The maximum atomic E-state index is 11.2. The SMILES string of the molecule is C#C[C@]1(O)C=C[C@H]2[C@@H]3CC=C4CC5(CC[C@@H]4[C@H]3CC[C@@]21CC)OCC(C)(C)CO5. The Balaban J connectivity index is 1.38. The first-order chi connectivity index (χ1) is 13.8. The molecule has 2 saturated carbocycles. The van der Waals surface area contributed by atoms with Gasteiger partial charge in [-0.1, -0.05) is 44.4 Å². The van der Waals surface area contributed by atoms with E-state index in [1.54, 1.807) is 5.57 Å². The summed E-state index contributed by atoms with van der Waals surface area (Å²) in [4.78, 5) is 0. The van der Waals surface area contributed by atoms with Crippen LogP contribution in [0.1, 0.15) is 65.7 Å². The fourth-order valence-electron chi connectivity index (χ4n) is 7.43. The minimum atomic E-state index is -1.07. The molecule has 0 radical (unpaired) electrons. The molecule has 1 spiro atoms. The molecule has 1 aliphatic heterocycles. The van der Waals surface area contributed by atoms with Crippen LogP contribution in [0.25, 0.3) is 0 Å². The first-order valence-electron chi connectivity index (χ1n) is 11.6. The van der Waals surface area contributed by atoms with Crippen LogP contribution in [0.5, 0.6) is 0 Å². The van der Waals surface area contributed by atoms with Gasteiger partial charge in [0, 0.05) is 23.7 Å². The Morgan fingerprint density at radius 2 is 1.93 bits per heavy atom. The Bertz CT molecular complexity index is 776. The lowest BCUT2D eigenvalue weighted by atomic mass is 9.49. The van der Waals surface area contributed by atoms with Crippen LogP contribution in [-0.2, 0) is 9.47 Å². The number of aliphatic hydroxyl groups is 1. The second kappa shape index (κ2) is 6.46. The van der Waals surface area contributed by atoms with Crippen molar-refractivity contribution in [3.05, 3.63) is 23.8 Å². The summed E-state index contributed by atoms with van der Waals surface area (Å²) in [5.74, 6) is 4.69. The molecule has 0 aromatic rings. The fraction of sp³-hybridized carbons (Fsp3) is 0.769. The molecule has 1 heterocycles. The summed E-state index contributed by atoms with van der Waals surface area (Å²) < 4.78 is 12.6. The predicted molar refractivity (Wildman–Crippen MR) is 114 cm³/mol. The molecule has 5 aliphatic rings. The van der Waals surface area contributed by atoms with Gasteiger partial charge in [-0.3, -0.25) is 0 Å². The van der Waals surface area contributed by atoms with E-state index in [0.717, 1.165) is 51.7 Å². The number of fused-ring (bicyclic) bond motifs is 5. The number of hydrogen-bond donors (Lipinski definition) is 1. The van der Waals surface area contributed by atoms with Gasteiger partial charge in [-0.15, -0.1) is 6.42 Å². The van der Waals surface area contributed by atoms with Gasteiger partial charge in [0.15, 0.2) is 5.79 Å². The first-order valence-corrected chi connectivity index (χ1v) is 11.6. The fourth-order valence-corrected chi connectivity index (χ4v) is 7.43. The van der Waals surface area contributed by atoms with Gasteiger partial charge in [-0.2, -0.15) is 0 Å². The van der Waals surface area contributed by atoms with Crippen molar-refractivity contribution >= 4 is 0 Å². The van der Waals surface area contributed by atoms with Crippen LogP contribution in [0.3, 0.4) is 0 Å². The van der Waals surface area contributed by atoms with Crippen LogP contribution < -0.4 is 0 Å². The van der Waals surface area contributed by atoms with Crippen molar-refractivity contribution in [2.75, 3.05) is 13.2 Å². The van der Waals surface area contributed by atoms with Gasteiger partial charge in [-0.25, -0.2) is 0 Å². The third-order valence-corrected chi connectivity index (χ3v) is 9.13. The van der Waals surface area contributed by atoms with Crippen molar-refractivity contribution in [2.45, 2.75) is 77.1 Å². The highest BCUT2D eigenvalue weighted by Gasteiger charge is 2.61. The molecule has 0 unspecified atom stereocenters. The third-order valence-electron chi connectivity index (χ3n) is 9.13. The van der Waals surface area contributed by atoms with E-state index < -0.39 is 5.60 Å². The molecule has 0 aromatic heterocycles. The predicted octanol–water partition coefficient (Wildman–Crippen LogP) is 4.86. The van der Waals surface area contributed by atoms with Crippen molar-refractivity contribution in [2.24, 2.45) is 34.5 Å². The molecule has 3 nitrogen and oxygen atoms in total. The van der Waals surface area contributed by atoms with Crippen molar-refractivity contribution < 1.29 is 14.6 Å². The van der Waals surface area contributed by atoms with Gasteiger partial charge in [0.25, 0.3) is 0 Å². The Morgan fingerprint density at radius 1 is 1.17 bits per heavy atom. The van der Waals surface area contributed by atoms with Crippen LogP contribution in [0, 0.1) is 46.8 Å². The molecule has 5 rings (SSSR count). The lowest BCUT2D eigenvalue weighted by Crippen LogP contribution is -2.55. The Morgan fingerprint density at radius 3 is 2.62 bits per heavy atom. The van der Waals surface area contributed by atoms with E-state index >= 15 is 0 Å². The zero-order valence-corrected chi connectivity index (χ0v) is 18.2. The van der Waals surface area contributed by atoms with E-state index in [9.17, 15) is 5.11 Å². The molecular formula is C26H36O3. The minimum Gasteiger partial charge on any atom is -0.373 e. The summed E-state index contributed by atoms with van der Waals surface area (Å²) in [6, 6.07) is 0. The zero-order valence-electron chi connectivity index (χ0n) is 18.2. The van der Waals surface area contributed by atoms with E-state index in [1.165, 1.54) is 6.42 Å². The monoisotopic (exact) mass is 396 g/mol. The summed E-state index contributed by atoms with van der Waals surface area (Å²) in [5, 5.41) is 11.2. The molecule has 29 heavy (non-hydrogen) atoms. The molecule has 6 atom stereocenters. The number of terminal acetylenes is 1. The molecule has 0 amide bonds. The summed E-state index contributed by atoms with van der Waals surface area (Å²) >= 11 is 0. The highest BCUT2D eigenvalue weighted by atomic mass is 16.7. The summed E-state index contributed by atoms with van der Waals surface area (Å²) in [7, 11) is 0. The smallest absolute Gasteiger partial charge is 0.172 e. The second-order valence-electron chi connectivity index (χ2n) is 11.2. The molecule has 3 heteroatoms. The second-order valence-corrected chi connectivity index (χ2v) is 11.2. The van der Waals surface area contributed by atoms with E-state index in [0.29, 0.717) is 23.7 Å². The van der Waals surface area contributed by atoms with Crippen molar-refractivity contribution in [1.82, 2.24) is 0 Å². The maximum Gasteiger partial charge on any atom is 0.172 e. The van der Waals surface area contributed by atoms with Crippen molar-refractivity contribution in [1.29, 1.82) is 0 Å². The van der Waals surface area contributed by atoms with E-state index in [2.05, 4.69) is 38.8 Å². The van der Waals surface area contributed by atoms with Crippen LogP contribution in [0.15, 0.2) is 23.8 Å². The van der Waals surface area contributed by atoms with Gasteiger partial charge in [0.1, 0.15) is 5.60 Å². The van der Waals surface area contributed by atoms with Gasteiger partial charge in [0.05, 0.1) is 13.2 Å². The van der Waals surface area contributed by atoms with Crippen LogP contribution in [0.2, 0.25) is 0 Å². The summed E-state index contributed by atoms with van der Waals surface area (Å²) in [6.45, 7) is 8.20. The summed E-state index contributed by atoms with van der Waals surface area (Å²) in [6.07, 6.45) is 19.8. The molecule has 0 bridgehead atoms. The number of rotatable bonds is 1. The summed E-state index contributed by atoms with van der Waals surface area (Å²) in [5.41, 5.74) is 0.430. The third kappa shape index (κ3) is 2.75. The Kier molecular flexibility index (Phi) is 4.42. The number of allylic oxidation sites excluding steroid dienone is 2. The van der Waals surface area contributed by atoms with Gasteiger partial charge in [0.2, 0.25) is 0 Å².